The maximum absolute atomic E-state index is 12.9. The molecule has 0 radical (unpaired) electrons. The molecule has 3 aromatic heterocycles. The van der Waals surface area contributed by atoms with E-state index >= 15 is 0 Å². The van der Waals surface area contributed by atoms with Crippen LogP contribution in [0.25, 0.3) is 10.9 Å². The molecular weight excluding hydrogens is 415 g/mol. The molecule has 0 aromatic carbocycles. The Morgan fingerprint density at radius 2 is 1.90 bits per heavy atom. The number of ether oxygens (including phenoxy) is 1. The Kier molecular flexibility index (Phi) is 5.59. The molecule has 30 heavy (non-hydrogen) atoms. The first-order chi connectivity index (χ1) is 14.0. The Labute approximate surface area is 166 Å². The lowest BCUT2D eigenvalue weighted by Gasteiger charge is -2.19. The van der Waals surface area contributed by atoms with Crippen molar-refractivity contribution in [2.75, 3.05) is 6.61 Å². The summed E-state index contributed by atoms with van der Waals surface area (Å²) in [4.78, 5) is 19.3. The Bertz CT molecular complexity index is 1060. The van der Waals surface area contributed by atoms with E-state index in [1.165, 1.54) is 18.3 Å². The van der Waals surface area contributed by atoms with Crippen LogP contribution >= 0.6 is 0 Å². The molecule has 0 unspecified atom stereocenters. The highest BCUT2D eigenvalue weighted by molar-refractivity contribution is 6.01. The van der Waals surface area contributed by atoms with Crippen LogP contribution in [0, 0.1) is 0 Å². The van der Waals surface area contributed by atoms with E-state index in [1.807, 2.05) is 6.92 Å². The Morgan fingerprint density at radius 3 is 2.47 bits per heavy atom. The van der Waals surface area contributed by atoms with E-state index in [4.69, 9.17) is 0 Å². The first-order valence-electron chi connectivity index (χ1n) is 8.63. The van der Waals surface area contributed by atoms with E-state index in [2.05, 4.69) is 19.8 Å². The number of carboxylic acid groups (broad SMARTS) is 1. The van der Waals surface area contributed by atoms with Gasteiger partial charge in [-0.25, -0.2) is 9.78 Å². The number of hydrogen-bond donors (Lipinski definition) is 1. The van der Waals surface area contributed by atoms with E-state index in [0.29, 0.717) is 28.7 Å². The largest absolute Gasteiger partial charge is 0.485 e. The van der Waals surface area contributed by atoms with E-state index < -0.39 is 24.7 Å². The number of carboxylic acids is 1. The molecule has 0 aliphatic rings. The maximum Gasteiger partial charge on any atom is 0.456 e. The van der Waals surface area contributed by atoms with Crippen molar-refractivity contribution >= 4 is 16.9 Å². The predicted molar refractivity (Wildman–Crippen MR) is 93.7 cm³/mol. The monoisotopic (exact) mass is 430 g/mol. The second-order valence-electron chi connectivity index (χ2n) is 6.29. The lowest BCUT2D eigenvalue weighted by atomic mass is 10.1. The summed E-state index contributed by atoms with van der Waals surface area (Å²) in [6.07, 6.45) is -2.89. The number of aromatic nitrogens is 4. The molecule has 160 valence electrons. The van der Waals surface area contributed by atoms with E-state index in [1.54, 1.807) is 10.7 Å². The molecule has 3 aromatic rings. The molecule has 0 saturated heterocycles. The highest BCUT2D eigenvalue weighted by atomic mass is 19.4. The number of aryl methyl sites for hydroxylation is 1. The van der Waals surface area contributed by atoms with Gasteiger partial charge in [-0.3, -0.25) is 9.67 Å². The summed E-state index contributed by atoms with van der Waals surface area (Å²) in [5, 5.41) is 14.1. The molecule has 0 bridgehead atoms. The van der Waals surface area contributed by atoms with Gasteiger partial charge in [0, 0.05) is 11.9 Å². The minimum atomic E-state index is -5.71. The molecule has 0 fully saturated rings. The molecule has 0 aliphatic heterocycles. The van der Waals surface area contributed by atoms with Crippen LogP contribution in [0.2, 0.25) is 0 Å². The van der Waals surface area contributed by atoms with E-state index in [0.717, 1.165) is 6.20 Å². The first-order valence-corrected chi connectivity index (χ1v) is 8.63. The highest BCUT2D eigenvalue weighted by Crippen LogP contribution is 2.35. The van der Waals surface area contributed by atoms with Gasteiger partial charge in [0.1, 0.15) is 5.75 Å². The van der Waals surface area contributed by atoms with Crippen molar-refractivity contribution in [1.29, 1.82) is 0 Å². The smallest absolute Gasteiger partial charge is 0.456 e. The van der Waals surface area contributed by atoms with Gasteiger partial charge < -0.3 is 9.84 Å². The zero-order chi connectivity index (χ0) is 22.1. The summed E-state index contributed by atoms with van der Waals surface area (Å²) in [7, 11) is 0. The molecule has 0 atom stereocenters. The zero-order valence-electron chi connectivity index (χ0n) is 15.5. The van der Waals surface area contributed by atoms with Gasteiger partial charge in [0.05, 0.1) is 29.3 Å². The topological polar surface area (TPSA) is 90.1 Å². The SMILES string of the molecule is CCc1c2c(C(=O)O)nccc2nn1Cc1ccc(OCC(F)(F)C(F)(F)F)cn1. The van der Waals surface area contributed by atoms with Crippen LogP contribution in [0.3, 0.4) is 0 Å². The first kappa shape index (κ1) is 21.4. The number of aromatic carboxylic acids is 1. The summed E-state index contributed by atoms with van der Waals surface area (Å²) >= 11 is 0. The van der Waals surface area contributed by atoms with Crippen LogP contribution in [0.5, 0.6) is 5.75 Å². The van der Waals surface area contributed by atoms with Crippen molar-refractivity contribution < 1.29 is 36.6 Å². The molecule has 12 heteroatoms. The van der Waals surface area contributed by atoms with Crippen LogP contribution in [0.1, 0.15) is 28.8 Å². The third-order valence-electron chi connectivity index (χ3n) is 4.24. The molecule has 0 aliphatic carbocycles. The summed E-state index contributed by atoms with van der Waals surface area (Å²) in [5.74, 6) is -6.42. The number of rotatable bonds is 7. The zero-order valence-corrected chi connectivity index (χ0v) is 15.5. The standard InChI is InChI=1S/C18H15F5N4O3/c1-2-13-14-12(5-6-24-15(14)16(28)29)26-27(13)8-10-3-4-11(7-25-10)30-9-17(19,20)18(21,22)23/h3-7H,2,8-9H2,1H3,(H,28,29). The minimum absolute atomic E-state index is 0.121. The number of halogens is 5. The van der Waals surface area contributed by atoms with Crippen molar-refractivity contribution in [3.63, 3.8) is 0 Å². The third-order valence-corrected chi connectivity index (χ3v) is 4.24. The molecule has 1 N–H and O–H groups in total. The average molecular weight is 430 g/mol. The van der Waals surface area contributed by atoms with Crippen LogP contribution in [-0.2, 0) is 13.0 Å². The molecule has 0 amide bonds. The summed E-state index contributed by atoms with van der Waals surface area (Å²) < 4.78 is 68.5. The number of nitrogens with zero attached hydrogens (tertiary/aromatic N) is 4. The van der Waals surface area contributed by atoms with Crippen molar-refractivity contribution in [3.8, 4) is 5.75 Å². The molecule has 3 rings (SSSR count). The Hall–Kier alpha value is -3.31. The summed E-state index contributed by atoms with van der Waals surface area (Å²) in [6, 6.07) is 4.18. The van der Waals surface area contributed by atoms with Crippen molar-refractivity contribution in [2.45, 2.75) is 32.0 Å². The second-order valence-corrected chi connectivity index (χ2v) is 6.29. The highest BCUT2D eigenvalue weighted by Gasteiger charge is 2.58. The van der Waals surface area contributed by atoms with Crippen molar-refractivity contribution in [2.24, 2.45) is 0 Å². The Balaban J connectivity index is 1.80. The number of carbonyl (C=O) groups is 1. The number of fused-ring (bicyclic) bond motifs is 1. The van der Waals surface area contributed by atoms with Gasteiger partial charge in [-0.05, 0) is 24.6 Å². The average Bonchev–Trinajstić information content (AvgIpc) is 3.03. The van der Waals surface area contributed by atoms with Gasteiger partial charge in [-0.2, -0.15) is 27.1 Å². The van der Waals surface area contributed by atoms with E-state index in [9.17, 15) is 31.9 Å². The van der Waals surface area contributed by atoms with Crippen LogP contribution in [0.4, 0.5) is 22.0 Å². The van der Waals surface area contributed by atoms with Gasteiger partial charge in [0.25, 0.3) is 0 Å². The van der Waals surface area contributed by atoms with E-state index in [-0.39, 0.29) is 18.0 Å². The maximum atomic E-state index is 12.9. The quantitative estimate of drug-likeness (QED) is 0.575. The van der Waals surface area contributed by atoms with Gasteiger partial charge in [0.2, 0.25) is 0 Å². The molecule has 3 heterocycles. The molecule has 7 nitrogen and oxygen atoms in total. The van der Waals surface area contributed by atoms with Gasteiger partial charge in [-0.1, -0.05) is 6.92 Å². The lowest BCUT2D eigenvalue weighted by molar-refractivity contribution is -0.290. The lowest BCUT2D eigenvalue weighted by Crippen LogP contribution is -2.41. The normalized spacial score (nSPS) is 12.3. The van der Waals surface area contributed by atoms with Crippen molar-refractivity contribution in [1.82, 2.24) is 19.7 Å². The number of pyridine rings is 2. The van der Waals surface area contributed by atoms with Gasteiger partial charge >= 0.3 is 18.1 Å². The number of alkyl halides is 5. The third kappa shape index (κ3) is 4.16. The predicted octanol–water partition coefficient (Wildman–Crippen LogP) is 3.71. The molecule has 0 saturated carbocycles. The summed E-state index contributed by atoms with van der Waals surface area (Å²) in [6.45, 7) is 0.0830. The number of hydrogen-bond acceptors (Lipinski definition) is 5. The van der Waals surface area contributed by atoms with Crippen LogP contribution < -0.4 is 4.74 Å². The van der Waals surface area contributed by atoms with Gasteiger partial charge in [-0.15, -0.1) is 0 Å². The Morgan fingerprint density at radius 1 is 1.17 bits per heavy atom. The van der Waals surface area contributed by atoms with Crippen LogP contribution in [0.15, 0.2) is 30.6 Å². The molecule has 0 spiro atoms. The minimum Gasteiger partial charge on any atom is -0.485 e. The molecular formula is C18H15F5N4O3. The van der Waals surface area contributed by atoms with Crippen molar-refractivity contribution in [3.05, 3.63) is 47.7 Å². The van der Waals surface area contributed by atoms with Crippen LogP contribution in [-0.4, -0.2) is 49.5 Å². The fourth-order valence-electron chi connectivity index (χ4n) is 2.79. The fourth-order valence-corrected chi connectivity index (χ4v) is 2.79. The van der Waals surface area contributed by atoms with Gasteiger partial charge in [0.15, 0.2) is 12.3 Å². The second kappa shape index (κ2) is 7.84. The fraction of sp³-hybridized carbons (Fsp3) is 0.333. The summed E-state index contributed by atoms with van der Waals surface area (Å²) in [5.41, 5.74) is 1.34.